The van der Waals surface area contributed by atoms with Gasteiger partial charge in [0, 0.05) is 40.4 Å². The molecule has 0 atom stereocenters. The second-order valence-corrected chi connectivity index (χ2v) is 18.9. The van der Waals surface area contributed by atoms with Gasteiger partial charge in [0.05, 0.1) is 51.9 Å². The van der Waals surface area contributed by atoms with E-state index in [2.05, 4.69) is 77.7 Å². The molecule has 3 N–H and O–H groups in total. The van der Waals surface area contributed by atoms with Crippen LogP contribution in [0.2, 0.25) is 0 Å². The lowest BCUT2D eigenvalue weighted by molar-refractivity contribution is 0.174. The third kappa shape index (κ3) is 15.9. The molecule has 0 radical (unpaired) electrons. The van der Waals surface area contributed by atoms with Gasteiger partial charge in [0.2, 0.25) is 0 Å². The van der Waals surface area contributed by atoms with Crippen LogP contribution in [0.4, 0.5) is 17.1 Å². The third-order valence-corrected chi connectivity index (χ3v) is 10.3. The number of hydroxylamine groups is 3. The molecule has 0 unspecified atom stereocenters. The zero-order valence-electron chi connectivity index (χ0n) is 41.4. The van der Waals surface area contributed by atoms with Crippen molar-refractivity contribution in [3.8, 4) is 51.6 Å². The van der Waals surface area contributed by atoms with E-state index in [1.54, 1.807) is 18.2 Å². The first kappa shape index (κ1) is 54.4. The highest BCUT2D eigenvalue weighted by molar-refractivity contribution is 5.72. The van der Waals surface area contributed by atoms with Crippen molar-refractivity contribution in [2.24, 2.45) is 0 Å². The highest BCUT2D eigenvalue weighted by atomic mass is 16.5. The molecule has 0 aliphatic rings. The monoisotopic (exact) mass is 900 g/mol. The van der Waals surface area contributed by atoms with Gasteiger partial charge < -0.3 is 0 Å². The van der Waals surface area contributed by atoms with E-state index in [1.165, 1.54) is 36.0 Å². The standard InChI is InChI=1S/C51H60N4O3.3C2H3N/c1-49(2,3)53(56)46-28-25-40(37-19-13-10-14-20-37)31-43(46)34-52(35-44-32-41(38-21-15-11-16-22-38)26-29-47(44)54(57)50(4,5)6)36-45-33-42(39-23-17-12-18-24-39)27-30-48(45)55(58)51(7,8)9;3*1-2-3/h10-33,56-58H,34-36H2,1-9H3;3*1H3. The Kier molecular flexibility index (Phi) is 20.3. The summed E-state index contributed by atoms with van der Waals surface area (Å²) in [5, 5.41) is 61.3. The van der Waals surface area contributed by atoms with Gasteiger partial charge >= 0.3 is 0 Å². The quantitative estimate of drug-likeness (QED) is 0.101. The summed E-state index contributed by atoms with van der Waals surface area (Å²) in [6.07, 6.45) is 0. The normalized spacial score (nSPS) is 10.9. The van der Waals surface area contributed by atoms with Gasteiger partial charge in [-0.05, 0) is 149 Å². The Bertz CT molecular complexity index is 2290. The van der Waals surface area contributed by atoms with Crippen LogP contribution in [0.3, 0.4) is 0 Å². The van der Waals surface area contributed by atoms with E-state index >= 15 is 0 Å². The van der Waals surface area contributed by atoms with Crippen molar-refractivity contribution in [3.05, 3.63) is 162 Å². The van der Waals surface area contributed by atoms with Crippen molar-refractivity contribution in [3.63, 3.8) is 0 Å². The lowest BCUT2D eigenvalue weighted by Gasteiger charge is -2.36. The number of hydrogen-bond acceptors (Lipinski definition) is 10. The van der Waals surface area contributed by atoms with Crippen LogP contribution in [0.1, 0.15) is 99.8 Å². The van der Waals surface area contributed by atoms with Crippen molar-refractivity contribution in [1.82, 2.24) is 4.90 Å². The molecule has 0 saturated heterocycles. The van der Waals surface area contributed by atoms with Crippen LogP contribution in [-0.2, 0) is 19.6 Å². The maximum absolute atomic E-state index is 11.8. The van der Waals surface area contributed by atoms with E-state index in [1.807, 2.05) is 135 Å². The Labute approximate surface area is 400 Å². The fraction of sp³-hybridized carbons (Fsp3) is 0.316. The van der Waals surface area contributed by atoms with Crippen LogP contribution in [0.5, 0.6) is 0 Å². The minimum Gasteiger partial charge on any atom is -0.290 e. The highest BCUT2D eigenvalue weighted by Gasteiger charge is 2.28. The minimum absolute atomic E-state index is 0.440. The number of anilines is 3. The molecule has 10 nitrogen and oxygen atoms in total. The lowest BCUT2D eigenvalue weighted by atomic mass is 9.97. The molecule has 0 spiro atoms. The smallest absolute Gasteiger partial charge is 0.0685 e. The molecule has 6 aromatic rings. The van der Waals surface area contributed by atoms with Crippen molar-refractivity contribution in [2.75, 3.05) is 15.2 Å². The second kappa shape index (κ2) is 25.1. The van der Waals surface area contributed by atoms with Crippen LogP contribution >= 0.6 is 0 Å². The first-order valence-electron chi connectivity index (χ1n) is 22.3. The van der Waals surface area contributed by atoms with E-state index in [4.69, 9.17) is 15.8 Å². The van der Waals surface area contributed by atoms with Gasteiger partial charge in [-0.15, -0.1) is 0 Å². The molecule has 0 saturated carbocycles. The predicted molar refractivity (Wildman–Crippen MR) is 275 cm³/mol. The Morgan fingerprint density at radius 1 is 0.358 bits per heavy atom. The fourth-order valence-electron chi connectivity index (χ4n) is 7.16. The highest BCUT2D eigenvalue weighted by Crippen LogP contribution is 2.37. The van der Waals surface area contributed by atoms with Crippen molar-refractivity contribution in [2.45, 2.75) is 119 Å². The summed E-state index contributed by atoms with van der Waals surface area (Å²) in [7, 11) is 0. The maximum Gasteiger partial charge on any atom is 0.0685 e. The fourth-order valence-corrected chi connectivity index (χ4v) is 7.16. The maximum atomic E-state index is 11.8. The molecular weight excluding hydrogens is 831 g/mol. The van der Waals surface area contributed by atoms with Gasteiger partial charge in [0.25, 0.3) is 0 Å². The van der Waals surface area contributed by atoms with Gasteiger partial charge in [0.1, 0.15) is 0 Å². The average Bonchev–Trinajstić information content (AvgIpc) is 3.29. The van der Waals surface area contributed by atoms with Gasteiger partial charge in [-0.2, -0.15) is 15.8 Å². The average molecular weight is 900 g/mol. The molecule has 67 heavy (non-hydrogen) atoms. The second-order valence-electron chi connectivity index (χ2n) is 18.9. The van der Waals surface area contributed by atoms with E-state index in [0.717, 1.165) is 50.1 Å². The molecule has 350 valence electrons. The molecule has 6 rings (SSSR count). The van der Waals surface area contributed by atoms with E-state index in [-0.39, 0.29) is 0 Å². The predicted octanol–water partition coefficient (Wildman–Crippen LogP) is 14.5. The molecule has 6 aromatic carbocycles. The van der Waals surface area contributed by atoms with Crippen LogP contribution in [0.15, 0.2) is 146 Å². The van der Waals surface area contributed by atoms with E-state index in [0.29, 0.717) is 36.7 Å². The number of nitriles is 3. The zero-order valence-corrected chi connectivity index (χ0v) is 41.4. The van der Waals surface area contributed by atoms with E-state index < -0.39 is 16.6 Å². The molecule has 0 fully saturated rings. The number of hydrogen-bond donors (Lipinski definition) is 3. The number of nitrogens with zero attached hydrogens (tertiary/aromatic N) is 7. The van der Waals surface area contributed by atoms with Crippen LogP contribution in [0, 0.1) is 34.0 Å². The molecular formula is C57H69N7O3. The lowest BCUT2D eigenvalue weighted by Crippen LogP contribution is -2.40. The van der Waals surface area contributed by atoms with Gasteiger partial charge in [0.15, 0.2) is 0 Å². The molecule has 0 bridgehead atoms. The van der Waals surface area contributed by atoms with E-state index in [9.17, 15) is 15.6 Å². The topological polar surface area (TPSA) is 145 Å². The van der Waals surface area contributed by atoms with Crippen LogP contribution < -0.4 is 15.2 Å². The first-order valence-corrected chi connectivity index (χ1v) is 22.3. The molecule has 0 aliphatic carbocycles. The summed E-state index contributed by atoms with van der Waals surface area (Å²) in [5.74, 6) is 0. The zero-order chi connectivity index (χ0) is 50.0. The Balaban J connectivity index is 0.00000122. The minimum atomic E-state index is -0.573. The Morgan fingerprint density at radius 3 is 0.761 bits per heavy atom. The largest absolute Gasteiger partial charge is 0.290 e. The van der Waals surface area contributed by atoms with Crippen molar-refractivity contribution >= 4 is 17.1 Å². The SMILES string of the molecule is CC#N.CC#N.CC#N.CC(C)(C)N(O)c1ccc(-c2ccccc2)cc1CN(Cc1cc(-c2ccccc2)ccc1N(O)C(C)(C)C)Cc1cc(-c2ccccc2)ccc1N(O)C(C)(C)C. The number of rotatable bonds is 12. The van der Waals surface area contributed by atoms with Gasteiger partial charge in [-0.1, -0.05) is 109 Å². The summed E-state index contributed by atoms with van der Waals surface area (Å²) in [4.78, 5) is 2.35. The third-order valence-electron chi connectivity index (χ3n) is 10.3. The Hall–Kier alpha value is -6.97. The molecule has 0 aromatic heterocycles. The first-order chi connectivity index (χ1) is 31.6. The Morgan fingerprint density at radius 2 is 0.567 bits per heavy atom. The molecule has 0 aliphatic heterocycles. The molecule has 0 amide bonds. The van der Waals surface area contributed by atoms with Crippen LogP contribution in [-0.4, -0.2) is 37.1 Å². The summed E-state index contributed by atoms with van der Waals surface area (Å²) in [6, 6.07) is 54.9. The molecule has 0 heterocycles. The summed E-state index contributed by atoms with van der Waals surface area (Å²) in [6.45, 7) is 23.5. The van der Waals surface area contributed by atoms with Crippen molar-refractivity contribution < 1.29 is 15.6 Å². The summed E-state index contributed by atoms with van der Waals surface area (Å²) in [5.41, 5.74) is 9.62. The molecule has 10 heteroatoms. The van der Waals surface area contributed by atoms with Crippen LogP contribution in [0.25, 0.3) is 33.4 Å². The van der Waals surface area contributed by atoms with Gasteiger partial charge in [-0.25, -0.2) is 0 Å². The number of benzene rings is 6. The van der Waals surface area contributed by atoms with Crippen molar-refractivity contribution in [1.29, 1.82) is 15.8 Å². The van der Waals surface area contributed by atoms with Gasteiger partial charge in [-0.3, -0.25) is 35.7 Å². The summed E-state index contributed by atoms with van der Waals surface area (Å²) < 4.78 is 0. The summed E-state index contributed by atoms with van der Waals surface area (Å²) >= 11 is 0.